The molecule has 0 saturated carbocycles. The van der Waals surface area contributed by atoms with Crippen LogP contribution in [0.4, 0.5) is 0 Å². The second-order valence-corrected chi connectivity index (χ2v) is 4.96. The number of aliphatic hydroxyl groups excluding tert-OH is 1. The van der Waals surface area contributed by atoms with Crippen LogP contribution in [0, 0.1) is 5.92 Å². The zero-order chi connectivity index (χ0) is 12.7. The summed E-state index contributed by atoms with van der Waals surface area (Å²) in [7, 11) is 0. The third-order valence-corrected chi connectivity index (χ3v) is 3.83. The SMILES string of the molecule is CCC(CCN)CCC(=O)N1CCC[C@@H]1CO. The van der Waals surface area contributed by atoms with Crippen molar-refractivity contribution >= 4 is 5.91 Å². The first kappa shape index (κ1) is 14.5. The zero-order valence-corrected chi connectivity index (χ0v) is 10.9. The average Bonchev–Trinajstić information content (AvgIpc) is 2.82. The number of likely N-dealkylation sites (tertiary alicyclic amines) is 1. The minimum absolute atomic E-state index is 0.0667. The third kappa shape index (κ3) is 4.28. The van der Waals surface area contributed by atoms with Crippen molar-refractivity contribution in [2.45, 2.75) is 51.5 Å². The molecule has 0 radical (unpaired) electrons. The largest absolute Gasteiger partial charge is 0.394 e. The van der Waals surface area contributed by atoms with Gasteiger partial charge in [0, 0.05) is 13.0 Å². The van der Waals surface area contributed by atoms with Crippen LogP contribution in [0.5, 0.6) is 0 Å². The lowest BCUT2D eigenvalue weighted by Gasteiger charge is -2.24. The molecule has 2 atom stereocenters. The zero-order valence-electron chi connectivity index (χ0n) is 10.9. The molecule has 0 aromatic carbocycles. The maximum atomic E-state index is 12.0. The van der Waals surface area contributed by atoms with Gasteiger partial charge in [-0.1, -0.05) is 13.3 Å². The molecular weight excluding hydrogens is 216 g/mol. The first-order valence-corrected chi connectivity index (χ1v) is 6.83. The molecule has 17 heavy (non-hydrogen) atoms. The molecule has 3 N–H and O–H groups in total. The van der Waals surface area contributed by atoms with Crippen LogP contribution in [-0.2, 0) is 4.79 Å². The lowest BCUT2D eigenvalue weighted by atomic mass is 9.96. The Morgan fingerprint density at radius 1 is 1.53 bits per heavy atom. The molecule has 4 heteroatoms. The van der Waals surface area contributed by atoms with Crippen LogP contribution >= 0.6 is 0 Å². The van der Waals surface area contributed by atoms with Crippen LogP contribution in [0.3, 0.4) is 0 Å². The van der Waals surface area contributed by atoms with Gasteiger partial charge in [0.1, 0.15) is 0 Å². The first-order chi connectivity index (χ1) is 8.22. The molecule has 0 aliphatic carbocycles. The molecule has 1 fully saturated rings. The fourth-order valence-electron chi connectivity index (χ4n) is 2.61. The van der Waals surface area contributed by atoms with E-state index in [0.717, 1.165) is 38.6 Å². The van der Waals surface area contributed by atoms with Gasteiger partial charge in [-0.25, -0.2) is 0 Å². The van der Waals surface area contributed by atoms with Crippen molar-refractivity contribution < 1.29 is 9.90 Å². The highest BCUT2D eigenvalue weighted by atomic mass is 16.3. The van der Waals surface area contributed by atoms with E-state index in [1.807, 2.05) is 4.90 Å². The minimum Gasteiger partial charge on any atom is -0.394 e. The van der Waals surface area contributed by atoms with Gasteiger partial charge in [-0.05, 0) is 38.1 Å². The molecule has 1 aliphatic heterocycles. The standard InChI is InChI=1S/C13H26N2O2/c1-2-11(7-8-14)5-6-13(17)15-9-3-4-12(15)10-16/h11-12,16H,2-10,14H2,1H3/t11?,12-/m1/s1. The molecule has 1 amide bonds. The molecule has 0 aromatic heterocycles. The Labute approximate surface area is 104 Å². The van der Waals surface area contributed by atoms with E-state index in [-0.39, 0.29) is 18.6 Å². The summed E-state index contributed by atoms with van der Waals surface area (Å²) in [6, 6.07) is 0.0667. The van der Waals surface area contributed by atoms with Crippen molar-refractivity contribution in [1.82, 2.24) is 4.90 Å². The monoisotopic (exact) mass is 242 g/mol. The van der Waals surface area contributed by atoms with Crippen molar-refractivity contribution in [3.63, 3.8) is 0 Å². The van der Waals surface area contributed by atoms with E-state index in [4.69, 9.17) is 5.73 Å². The molecule has 0 aromatic rings. The summed E-state index contributed by atoms with van der Waals surface area (Å²) in [6.07, 6.45) is 5.61. The van der Waals surface area contributed by atoms with Crippen LogP contribution in [0.15, 0.2) is 0 Å². The van der Waals surface area contributed by atoms with Crippen LogP contribution in [0.1, 0.15) is 45.4 Å². The topological polar surface area (TPSA) is 66.6 Å². The van der Waals surface area contributed by atoms with E-state index in [2.05, 4.69) is 6.92 Å². The number of amides is 1. The highest BCUT2D eigenvalue weighted by Gasteiger charge is 2.27. The number of carbonyl (C=O) groups excluding carboxylic acids is 1. The van der Waals surface area contributed by atoms with Crippen molar-refractivity contribution in [3.05, 3.63) is 0 Å². The predicted molar refractivity (Wildman–Crippen MR) is 68.5 cm³/mol. The summed E-state index contributed by atoms with van der Waals surface area (Å²) >= 11 is 0. The maximum Gasteiger partial charge on any atom is 0.222 e. The molecule has 1 unspecified atom stereocenters. The molecule has 1 heterocycles. The van der Waals surface area contributed by atoms with Crippen LogP contribution in [0.25, 0.3) is 0 Å². The summed E-state index contributed by atoms with van der Waals surface area (Å²) in [6.45, 7) is 3.77. The van der Waals surface area contributed by atoms with Crippen molar-refractivity contribution in [3.8, 4) is 0 Å². The number of hydrogen-bond donors (Lipinski definition) is 2. The van der Waals surface area contributed by atoms with E-state index >= 15 is 0 Å². The van der Waals surface area contributed by atoms with Crippen molar-refractivity contribution in [2.24, 2.45) is 11.7 Å². The Hall–Kier alpha value is -0.610. The maximum absolute atomic E-state index is 12.0. The lowest BCUT2D eigenvalue weighted by molar-refractivity contribution is -0.133. The van der Waals surface area contributed by atoms with Crippen molar-refractivity contribution in [2.75, 3.05) is 19.7 Å². The number of aliphatic hydroxyl groups is 1. The summed E-state index contributed by atoms with van der Waals surface area (Å²) in [5.74, 6) is 0.774. The van der Waals surface area contributed by atoms with E-state index in [0.29, 0.717) is 18.9 Å². The lowest BCUT2D eigenvalue weighted by Crippen LogP contribution is -2.37. The number of nitrogens with zero attached hydrogens (tertiary/aromatic N) is 1. The van der Waals surface area contributed by atoms with E-state index < -0.39 is 0 Å². The summed E-state index contributed by atoms with van der Waals surface area (Å²) < 4.78 is 0. The van der Waals surface area contributed by atoms with Gasteiger partial charge in [0.15, 0.2) is 0 Å². The molecule has 1 saturated heterocycles. The third-order valence-electron chi connectivity index (χ3n) is 3.83. The van der Waals surface area contributed by atoms with E-state index in [1.54, 1.807) is 0 Å². The van der Waals surface area contributed by atoms with Gasteiger partial charge in [0.05, 0.1) is 12.6 Å². The molecule has 100 valence electrons. The summed E-state index contributed by atoms with van der Waals surface area (Å²) in [4.78, 5) is 13.9. The fraction of sp³-hybridized carbons (Fsp3) is 0.923. The second kappa shape index (κ2) is 7.67. The molecule has 0 spiro atoms. The van der Waals surface area contributed by atoms with Crippen LogP contribution in [0.2, 0.25) is 0 Å². The van der Waals surface area contributed by atoms with Gasteiger partial charge in [0.25, 0.3) is 0 Å². The Kier molecular flexibility index (Phi) is 6.52. The predicted octanol–water partition coefficient (Wildman–Crippen LogP) is 1.12. The molecule has 1 rings (SSSR count). The molecule has 4 nitrogen and oxygen atoms in total. The van der Waals surface area contributed by atoms with Gasteiger partial charge >= 0.3 is 0 Å². The molecular formula is C13H26N2O2. The number of rotatable bonds is 7. The normalized spacial score (nSPS) is 21.8. The number of hydrogen-bond acceptors (Lipinski definition) is 3. The average molecular weight is 242 g/mol. The summed E-state index contributed by atoms with van der Waals surface area (Å²) in [5, 5.41) is 9.18. The van der Waals surface area contributed by atoms with E-state index in [1.165, 1.54) is 0 Å². The van der Waals surface area contributed by atoms with Gasteiger partial charge < -0.3 is 15.7 Å². The Balaban J connectivity index is 2.33. The smallest absolute Gasteiger partial charge is 0.222 e. The molecule has 1 aliphatic rings. The Morgan fingerprint density at radius 2 is 2.29 bits per heavy atom. The van der Waals surface area contributed by atoms with E-state index in [9.17, 15) is 9.90 Å². The van der Waals surface area contributed by atoms with Crippen molar-refractivity contribution in [1.29, 1.82) is 0 Å². The van der Waals surface area contributed by atoms with Gasteiger partial charge in [-0.2, -0.15) is 0 Å². The van der Waals surface area contributed by atoms with Crippen LogP contribution in [-0.4, -0.2) is 41.7 Å². The summed E-state index contributed by atoms with van der Waals surface area (Å²) in [5.41, 5.74) is 5.55. The quantitative estimate of drug-likeness (QED) is 0.703. The highest BCUT2D eigenvalue weighted by molar-refractivity contribution is 5.76. The van der Waals surface area contributed by atoms with Gasteiger partial charge in [0.2, 0.25) is 5.91 Å². The van der Waals surface area contributed by atoms with Gasteiger partial charge in [-0.15, -0.1) is 0 Å². The Morgan fingerprint density at radius 3 is 2.88 bits per heavy atom. The Bertz CT molecular complexity index is 233. The highest BCUT2D eigenvalue weighted by Crippen LogP contribution is 2.20. The van der Waals surface area contributed by atoms with Crippen LogP contribution < -0.4 is 5.73 Å². The number of nitrogens with two attached hydrogens (primary N) is 1. The first-order valence-electron chi connectivity index (χ1n) is 6.83. The fourth-order valence-corrected chi connectivity index (χ4v) is 2.61. The van der Waals surface area contributed by atoms with Gasteiger partial charge in [-0.3, -0.25) is 4.79 Å². The molecule has 0 bridgehead atoms. The number of carbonyl (C=O) groups is 1. The second-order valence-electron chi connectivity index (χ2n) is 4.96. The minimum atomic E-state index is 0.0667.